The minimum Gasteiger partial charge on any atom is -0.492 e. The van der Waals surface area contributed by atoms with E-state index in [2.05, 4.69) is 39.5 Å². The van der Waals surface area contributed by atoms with Crippen molar-refractivity contribution in [1.82, 2.24) is 19.9 Å². The topological polar surface area (TPSA) is 63.4 Å². The number of β-amino-alcohol motifs (C(OH)–C–C–N with tert-alkyl or cyclic N) is 1. The Balaban J connectivity index is 1.32. The van der Waals surface area contributed by atoms with Gasteiger partial charge in [-0.15, -0.1) is 5.10 Å². The van der Waals surface area contributed by atoms with E-state index in [0.29, 0.717) is 13.2 Å². The number of likely N-dealkylation sites (tertiary alicyclic amines) is 1. The zero-order chi connectivity index (χ0) is 16.4. The maximum Gasteiger partial charge on any atom is 0.120 e. The first-order chi connectivity index (χ1) is 11.8. The molecule has 2 aromatic carbocycles. The summed E-state index contributed by atoms with van der Waals surface area (Å²) in [5, 5.41) is 20.4. The number of hydrogen-bond acceptors (Lipinski definition) is 5. The van der Waals surface area contributed by atoms with Crippen molar-refractivity contribution in [2.24, 2.45) is 0 Å². The van der Waals surface area contributed by atoms with Crippen LogP contribution >= 0.6 is 0 Å². The second-order valence-electron chi connectivity index (χ2n) is 6.13. The van der Waals surface area contributed by atoms with E-state index in [1.54, 1.807) is 17.1 Å². The maximum absolute atomic E-state index is 10.2. The molecule has 1 aromatic heterocycles. The molecule has 4 rings (SSSR count). The summed E-state index contributed by atoms with van der Waals surface area (Å²) in [7, 11) is 0. The highest BCUT2D eigenvalue weighted by Gasteiger charge is 2.32. The summed E-state index contributed by atoms with van der Waals surface area (Å²) in [6.45, 7) is 2.75. The molecule has 0 unspecified atom stereocenters. The predicted molar refractivity (Wildman–Crippen MR) is 90.9 cm³/mol. The van der Waals surface area contributed by atoms with Crippen LogP contribution in [0.5, 0.6) is 5.75 Å². The van der Waals surface area contributed by atoms with Gasteiger partial charge in [-0.3, -0.25) is 4.90 Å². The molecule has 0 saturated carbocycles. The average Bonchev–Trinajstić information content (AvgIpc) is 3.24. The summed E-state index contributed by atoms with van der Waals surface area (Å²) >= 11 is 0. The molecule has 1 aliphatic rings. The van der Waals surface area contributed by atoms with Gasteiger partial charge in [-0.1, -0.05) is 35.5 Å². The smallest absolute Gasteiger partial charge is 0.120 e. The molecule has 1 N–H and O–H groups in total. The molecule has 0 bridgehead atoms. The van der Waals surface area contributed by atoms with Crippen molar-refractivity contribution < 1.29 is 9.84 Å². The van der Waals surface area contributed by atoms with E-state index in [-0.39, 0.29) is 6.04 Å². The van der Waals surface area contributed by atoms with Gasteiger partial charge in [-0.05, 0) is 22.9 Å². The third kappa shape index (κ3) is 3.11. The fourth-order valence-electron chi connectivity index (χ4n) is 3.23. The van der Waals surface area contributed by atoms with Crippen molar-refractivity contribution >= 4 is 10.8 Å². The first kappa shape index (κ1) is 15.1. The van der Waals surface area contributed by atoms with Gasteiger partial charge in [0.2, 0.25) is 0 Å². The summed E-state index contributed by atoms with van der Waals surface area (Å²) in [6.07, 6.45) is 3.01. The zero-order valence-electron chi connectivity index (χ0n) is 13.3. The van der Waals surface area contributed by atoms with Gasteiger partial charge in [0.05, 0.1) is 18.3 Å². The van der Waals surface area contributed by atoms with Crippen molar-refractivity contribution in [3.05, 3.63) is 54.9 Å². The summed E-state index contributed by atoms with van der Waals surface area (Å²) in [6, 6.07) is 14.3. The molecule has 2 atom stereocenters. The Morgan fingerprint density at radius 2 is 2.00 bits per heavy atom. The molecule has 0 aliphatic carbocycles. The van der Waals surface area contributed by atoms with Gasteiger partial charge in [0.15, 0.2) is 0 Å². The second-order valence-corrected chi connectivity index (χ2v) is 6.13. The molecule has 6 nitrogen and oxygen atoms in total. The van der Waals surface area contributed by atoms with Crippen LogP contribution in [0.4, 0.5) is 0 Å². The number of rotatable bonds is 5. The number of nitrogens with zero attached hydrogens (tertiary/aromatic N) is 4. The molecule has 2 heterocycles. The van der Waals surface area contributed by atoms with Gasteiger partial charge in [0.25, 0.3) is 0 Å². The highest BCUT2D eigenvalue weighted by atomic mass is 16.5. The first-order valence-electron chi connectivity index (χ1n) is 8.17. The van der Waals surface area contributed by atoms with Crippen molar-refractivity contribution in [1.29, 1.82) is 0 Å². The average molecular weight is 324 g/mol. The third-order valence-electron chi connectivity index (χ3n) is 4.51. The van der Waals surface area contributed by atoms with E-state index >= 15 is 0 Å². The number of hydrogen-bond donors (Lipinski definition) is 1. The van der Waals surface area contributed by atoms with Gasteiger partial charge in [-0.25, -0.2) is 4.68 Å². The molecule has 1 fully saturated rings. The van der Waals surface area contributed by atoms with Crippen molar-refractivity contribution in [3.8, 4) is 5.75 Å². The van der Waals surface area contributed by atoms with E-state index < -0.39 is 6.10 Å². The Morgan fingerprint density at radius 3 is 2.83 bits per heavy atom. The first-order valence-corrected chi connectivity index (χ1v) is 8.17. The fraction of sp³-hybridized carbons (Fsp3) is 0.333. The van der Waals surface area contributed by atoms with E-state index in [1.165, 1.54) is 10.8 Å². The van der Waals surface area contributed by atoms with Crippen LogP contribution in [0.2, 0.25) is 0 Å². The van der Waals surface area contributed by atoms with Gasteiger partial charge in [-0.2, -0.15) is 0 Å². The lowest BCUT2D eigenvalue weighted by atomic mass is 10.1. The van der Waals surface area contributed by atoms with Crippen LogP contribution in [0.1, 0.15) is 6.04 Å². The quantitative estimate of drug-likeness (QED) is 0.774. The van der Waals surface area contributed by atoms with Crippen molar-refractivity contribution in [2.45, 2.75) is 12.1 Å². The maximum atomic E-state index is 10.2. The molecule has 24 heavy (non-hydrogen) atoms. The van der Waals surface area contributed by atoms with Crippen molar-refractivity contribution in [2.75, 3.05) is 26.2 Å². The highest BCUT2D eigenvalue weighted by molar-refractivity contribution is 5.83. The summed E-state index contributed by atoms with van der Waals surface area (Å²) in [4.78, 5) is 2.19. The fourth-order valence-corrected chi connectivity index (χ4v) is 3.23. The van der Waals surface area contributed by atoms with Crippen LogP contribution in [-0.4, -0.2) is 57.3 Å². The monoisotopic (exact) mass is 324 g/mol. The predicted octanol–water partition coefficient (Wildman–Crippen LogP) is 1.73. The van der Waals surface area contributed by atoms with Gasteiger partial charge < -0.3 is 9.84 Å². The highest BCUT2D eigenvalue weighted by Crippen LogP contribution is 2.22. The van der Waals surface area contributed by atoms with Crippen LogP contribution in [0.25, 0.3) is 10.8 Å². The molecular formula is C18H20N4O2. The van der Waals surface area contributed by atoms with Crippen LogP contribution in [-0.2, 0) is 0 Å². The number of fused-ring (bicyclic) bond motifs is 1. The lowest BCUT2D eigenvalue weighted by Gasteiger charge is -2.16. The van der Waals surface area contributed by atoms with E-state index in [4.69, 9.17) is 4.74 Å². The zero-order valence-corrected chi connectivity index (χ0v) is 13.3. The summed E-state index contributed by atoms with van der Waals surface area (Å²) < 4.78 is 7.61. The lowest BCUT2D eigenvalue weighted by molar-refractivity contribution is 0.136. The minimum absolute atomic E-state index is 0.0341. The Bertz CT molecular complexity index is 806. The lowest BCUT2D eigenvalue weighted by Crippen LogP contribution is -2.27. The standard InChI is InChI=1S/C18H20N4O2/c23-18-13-21(12-17(18)22-8-7-19-20-22)9-10-24-16-6-5-14-3-1-2-4-15(14)11-16/h1-8,11,17-18,23H,9-10,12-13H2/t17-,18-/m1/s1. The Kier molecular flexibility index (Phi) is 4.15. The number of benzene rings is 2. The molecular weight excluding hydrogens is 304 g/mol. The molecule has 3 aromatic rings. The Labute approximate surface area is 140 Å². The third-order valence-corrected chi connectivity index (χ3v) is 4.51. The number of aromatic nitrogens is 3. The van der Waals surface area contributed by atoms with Crippen LogP contribution in [0.3, 0.4) is 0 Å². The van der Waals surface area contributed by atoms with E-state index in [9.17, 15) is 5.11 Å². The van der Waals surface area contributed by atoms with E-state index in [0.717, 1.165) is 18.8 Å². The molecule has 1 aliphatic heterocycles. The molecule has 6 heteroatoms. The van der Waals surface area contributed by atoms with E-state index in [1.807, 2.05) is 18.2 Å². The normalized spacial score (nSPS) is 21.4. The van der Waals surface area contributed by atoms with Crippen molar-refractivity contribution in [3.63, 3.8) is 0 Å². The number of ether oxygens (including phenoxy) is 1. The number of aliphatic hydroxyl groups excluding tert-OH is 1. The Hall–Kier alpha value is -2.44. The van der Waals surface area contributed by atoms with Crippen LogP contribution in [0.15, 0.2) is 54.9 Å². The largest absolute Gasteiger partial charge is 0.492 e. The van der Waals surface area contributed by atoms with Gasteiger partial charge in [0.1, 0.15) is 12.4 Å². The van der Waals surface area contributed by atoms with Crippen LogP contribution < -0.4 is 4.74 Å². The number of aliphatic hydroxyl groups is 1. The Morgan fingerprint density at radius 1 is 1.12 bits per heavy atom. The van der Waals surface area contributed by atoms with Gasteiger partial charge in [0, 0.05) is 25.8 Å². The minimum atomic E-state index is -0.424. The molecule has 1 saturated heterocycles. The second kappa shape index (κ2) is 6.59. The molecule has 0 spiro atoms. The van der Waals surface area contributed by atoms with Crippen LogP contribution in [0, 0.1) is 0 Å². The molecule has 0 radical (unpaired) electrons. The summed E-state index contributed by atoms with van der Waals surface area (Å²) in [5.74, 6) is 0.876. The summed E-state index contributed by atoms with van der Waals surface area (Å²) in [5.41, 5.74) is 0. The SMILES string of the molecule is O[C@@H]1CN(CCOc2ccc3ccccc3c2)C[C@H]1n1ccnn1. The molecule has 0 amide bonds. The molecule has 124 valence electrons. The van der Waals surface area contributed by atoms with Gasteiger partial charge >= 0.3 is 0 Å².